The molecule has 0 bridgehead atoms. The van der Waals surface area contributed by atoms with Crippen molar-refractivity contribution in [3.05, 3.63) is 35.6 Å². The summed E-state index contributed by atoms with van der Waals surface area (Å²) in [7, 11) is 1.69. The lowest BCUT2D eigenvalue weighted by molar-refractivity contribution is -0.142. The monoisotopic (exact) mass is 315 g/mol. The largest absolute Gasteiger partial charge is 0.422 e. The summed E-state index contributed by atoms with van der Waals surface area (Å²) < 4.78 is 5.14. The van der Waals surface area contributed by atoms with Gasteiger partial charge in [-0.05, 0) is 29.2 Å². The van der Waals surface area contributed by atoms with Crippen molar-refractivity contribution in [1.82, 2.24) is 0 Å². The minimum Gasteiger partial charge on any atom is -0.422 e. The Kier molecular flexibility index (Phi) is 4.41. The third-order valence-corrected chi connectivity index (χ3v) is 3.87. The second-order valence-corrected chi connectivity index (χ2v) is 6.76. The summed E-state index contributed by atoms with van der Waals surface area (Å²) in [6, 6.07) is 7.09. The molecule has 1 fully saturated rings. The molecule has 0 spiro atoms. The van der Waals surface area contributed by atoms with Gasteiger partial charge < -0.3 is 9.64 Å². The fraction of sp³-hybridized carbons (Fsp3) is 0.389. The van der Waals surface area contributed by atoms with Crippen LogP contribution < -0.4 is 4.90 Å². The second-order valence-electron chi connectivity index (χ2n) is 6.76. The molecule has 0 radical (unpaired) electrons. The molecule has 1 aliphatic rings. The molecule has 23 heavy (non-hydrogen) atoms. The average Bonchev–Trinajstić information content (AvgIpc) is 2.73. The first-order valence-electron chi connectivity index (χ1n) is 7.43. The fourth-order valence-electron chi connectivity index (χ4n) is 2.44. The molecule has 122 valence electrons. The van der Waals surface area contributed by atoms with Crippen LogP contribution in [-0.2, 0) is 19.1 Å². The first-order chi connectivity index (χ1) is 10.6. The Hall–Kier alpha value is -2.43. The Morgan fingerprint density at radius 1 is 1.17 bits per heavy atom. The van der Waals surface area contributed by atoms with Gasteiger partial charge in [-0.2, -0.15) is 0 Å². The van der Waals surface area contributed by atoms with Crippen LogP contribution in [0.3, 0.4) is 0 Å². The normalized spacial score (nSPS) is 19.9. The first kappa shape index (κ1) is 16.9. The number of carbonyl (C=O) groups is 3. The van der Waals surface area contributed by atoms with Crippen molar-refractivity contribution in [3.8, 4) is 0 Å². The minimum absolute atomic E-state index is 0.0657. The zero-order chi connectivity index (χ0) is 17.4. The summed E-state index contributed by atoms with van der Waals surface area (Å²) in [4.78, 5) is 37.1. The van der Waals surface area contributed by atoms with Crippen LogP contribution in [0.5, 0.6) is 0 Å². The van der Waals surface area contributed by atoms with Gasteiger partial charge in [0.25, 0.3) is 0 Å². The maximum Gasteiger partial charge on any atom is 0.323 e. The molecule has 1 unspecified atom stereocenters. The molecule has 5 heteroatoms. The van der Waals surface area contributed by atoms with Crippen LogP contribution in [0.15, 0.2) is 30.0 Å². The van der Waals surface area contributed by atoms with Crippen LogP contribution in [0.25, 0.3) is 6.08 Å². The third kappa shape index (κ3) is 3.50. The number of esters is 1. The summed E-state index contributed by atoms with van der Waals surface area (Å²) in [5.41, 5.74) is 1.01. The Morgan fingerprint density at radius 2 is 1.74 bits per heavy atom. The molecule has 0 aliphatic carbocycles. The smallest absolute Gasteiger partial charge is 0.323 e. The van der Waals surface area contributed by atoms with Crippen molar-refractivity contribution >= 4 is 29.4 Å². The number of Topliss-reactive ketones (excluding diaryl/α,β-unsaturated/α-hetero) is 1. The Balaban J connectivity index is 2.25. The van der Waals surface area contributed by atoms with E-state index in [9.17, 15) is 14.4 Å². The molecule has 1 amide bonds. The predicted molar refractivity (Wildman–Crippen MR) is 87.5 cm³/mol. The molecule has 5 nitrogen and oxygen atoms in total. The van der Waals surface area contributed by atoms with E-state index in [2.05, 4.69) is 0 Å². The number of hydrogen-bond acceptors (Lipinski definition) is 4. The van der Waals surface area contributed by atoms with E-state index in [0.29, 0.717) is 0 Å². The third-order valence-electron chi connectivity index (χ3n) is 3.87. The molecule has 1 atom stereocenters. The highest BCUT2D eigenvalue weighted by Crippen LogP contribution is 2.36. The molecule has 0 aromatic heterocycles. The summed E-state index contributed by atoms with van der Waals surface area (Å²) in [5.74, 6) is -1.54. The molecule has 0 N–H and O–H groups in total. The van der Waals surface area contributed by atoms with Crippen molar-refractivity contribution in [2.75, 3.05) is 11.9 Å². The van der Waals surface area contributed by atoms with E-state index in [-0.39, 0.29) is 17.4 Å². The lowest BCUT2D eigenvalue weighted by Gasteiger charge is -2.20. The average molecular weight is 315 g/mol. The summed E-state index contributed by atoms with van der Waals surface area (Å²) in [5, 5.41) is 0. The molecule has 1 aromatic rings. The van der Waals surface area contributed by atoms with Crippen molar-refractivity contribution in [1.29, 1.82) is 0 Å². The number of allylic oxidation sites excluding steroid dienone is 1. The number of carbonyl (C=O) groups excluding carboxylic acids is 3. The van der Waals surface area contributed by atoms with E-state index in [4.69, 9.17) is 4.74 Å². The van der Waals surface area contributed by atoms with Gasteiger partial charge in [0.05, 0.1) is 0 Å². The Morgan fingerprint density at radius 3 is 2.17 bits per heavy atom. The van der Waals surface area contributed by atoms with E-state index in [1.807, 2.05) is 20.8 Å². The van der Waals surface area contributed by atoms with Gasteiger partial charge in [0.2, 0.25) is 11.7 Å². The number of ketones is 1. The standard InChI is InChI=1S/C18H21NO4/c1-11(20)19(5)13-8-6-12(7-9-13)10-14-16(21)15(17(22)23-14)18(2,3)4/h6-10,15H,1-5H3. The van der Waals surface area contributed by atoms with E-state index in [1.165, 1.54) is 11.8 Å². The lowest BCUT2D eigenvalue weighted by Crippen LogP contribution is -2.29. The van der Waals surface area contributed by atoms with Crippen LogP contribution in [0.4, 0.5) is 5.69 Å². The van der Waals surface area contributed by atoms with Gasteiger partial charge in [0.1, 0.15) is 5.92 Å². The fourth-order valence-corrected chi connectivity index (χ4v) is 2.44. The van der Waals surface area contributed by atoms with E-state index in [1.54, 1.807) is 37.4 Å². The minimum atomic E-state index is -0.767. The molecule has 1 saturated heterocycles. The van der Waals surface area contributed by atoms with Gasteiger partial charge in [-0.25, -0.2) is 0 Å². The zero-order valence-corrected chi connectivity index (χ0v) is 14.0. The molecular formula is C18H21NO4. The first-order valence-corrected chi connectivity index (χ1v) is 7.43. The molecular weight excluding hydrogens is 294 g/mol. The van der Waals surface area contributed by atoms with Crippen LogP contribution in [0.2, 0.25) is 0 Å². The van der Waals surface area contributed by atoms with Crippen LogP contribution in [0, 0.1) is 11.3 Å². The zero-order valence-electron chi connectivity index (χ0n) is 14.0. The van der Waals surface area contributed by atoms with Gasteiger partial charge in [0.15, 0.2) is 5.76 Å². The predicted octanol–water partition coefficient (Wildman–Crippen LogP) is 2.80. The maximum absolute atomic E-state index is 12.4. The maximum atomic E-state index is 12.4. The molecule has 1 heterocycles. The van der Waals surface area contributed by atoms with E-state index >= 15 is 0 Å². The summed E-state index contributed by atoms with van der Waals surface area (Å²) in [6.07, 6.45) is 1.56. The summed E-state index contributed by atoms with van der Waals surface area (Å²) >= 11 is 0. The molecule has 1 aromatic carbocycles. The van der Waals surface area contributed by atoms with Crippen molar-refractivity contribution < 1.29 is 19.1 Å². The number of ether oxygens (including phenoxy) is 1. The highest BCUT2D eigenvalue weighted by molar-refractivity contribution is 6.15. The van der Waals surface area contributed by atoms with Gasteiger partial charge in [-0.15, -0.1) is 0 Å². The highest BCUT2D eigenvalue weighted by atomic mass is 16.5. The lowest BCUT2D eigenvalue weighted by atomic mass is 9.79. The Labute approximate surface area is 135 Å². The number of nitrogens with zero attached hydrogens (tertiary/aromatic N) is 1. The highest BCUT2D eigenvalue weighted by Gasteiger charge is 2.46. The topological polar surface area (TPSA) is 63.7 Å². The van der Waals surface area contributed by atoms with Gasteiger partial charge >= 0.3 is 5.97 Å². The van der Waals surface area contributed by atoms with Crippen LogP contribution >= 0.6 is 0 Å². The Bertz CT molecular complexity index is 680. The number of hydrogen-bond donors (Lipinski definition) is 0. The van der Waals surface area contributed by atoms with Gasteiger partial charge in [-0.3, -0.25) is 14.4 Å². The molecule has 1 aliphatic heterocycles. The van der Waals surface area contributed by atoms with Crippen molar-refractivity contribution in [2.24, 2.45) is 11.3 Å². The molecule has 2 rings (SSSR count). The van der Waals surface area contributed by atoms with Gasteiger partial charge in [0, 0.05) is 19.7 Å². The number of anilines is 1. The second kappa shape index (κ2) is 5.99. The number of rotatable bonds is 2. The summed E-state index contributed by atoms with van der Waals surface area (Å²) in [6.45, 7) is 7.00. The SMILES string of the molecule is CC(=O)N(C)c1ccc(C=C2OC(=O)C(C(C)(C)C)C2=O)cc1. The van der Waals surface area contributed by atoms with Crippen molar-refractivity contribution in [3.63, 3.8) is 0 Å². The number of amides is 1. The number of benzene rings is 1. The van der Waals surface area contributed by atoms with Crippen LogP contribution in [0.1, 0.15) is 33.3 Å². The molecule has 0 saturated carbocycles. The quantitative estimate of drug-likeness (QED) is 0.478. The van der Waals surface area contributed by atoms with E-state index < -0.39 is 17.3 Å². The van der Waals surface area contributed by atoms with Crippen LogP contribution in [-0.4, -0.2) is 24.7 Å². The number of cyclic esters (lactones) is 1. The van der Waals surface area contributed by atoms with Gasteiger partial charge in [-0.1, -0.05) is 32.9 Å². The van der Waals surface area contributed by atoms with E-state index in [0.717, 1.165) is 11.3 Å². The van der Waals surface area contributed by atoms with Crippen molar-refractivity contribution in [2.45, 2.75) is 27.7 Å².